The standard InChI is InChI=1S/C18H20N2O6/c1-5-26-17(21)14-10-19(3)11(2)15(18(22)25-4)16(14)12-7-6-8-13(9-12)20(23)24/h6-10,16H,5H2,1-4H3. The Balaban J connectivity index is 2.68. The number of carbonyl (C=O) groups is 2. The lowest BCUT2D eigenvalue weighted by molar-refractivity contribution is -0.384. The van der Waals surface area contributed by atoms with Crippen LogP contribution in [0.5, 0.6) is 0 Å². The molecule has 0 radical (unpaired) electrons. The van der Waals surface area contributed by atoms with Crippen LogP contribution in [0.2, 0.25) is 0 Å². The lowest BCUT2D eigenvalue weighted by Gasteiger charge is -2.31. The van der Waals surface area contributed by atoms with Gasteiger partial charge in [0.05, 0.1) is 35.7 Å². The first kappa shape index (κ1) is 19.2. The van der Waals surface area contributed by atoms with Gasteiger partial charge in [-0.25, -0.2) is 9.59 Å². The van der Waals surface area contributed by atoms with Crippen LogP contribution in [-0.2, 0) is 19.1 Å². The highest BCUT2D eigenvalue weighted by atomic mass is 16.6. The minimum absolute atomic E-state index is 0.133. The zero-order valence-electron chi connectivity index (χ0n) is 15.0. The van der Waals surface area contributed by atoms with E-state index in [0.717, 1.165) is 0 Å². The molecule has 1 unspecified atom stereocenters. The molecule has 0 saturated heterocycles. The van der Waals surface area contributed by atoms with Crippen LogP contribution in [0.4, 0.5) is 5.69 Å². The average Bonchev–Trinajstić information content (AvgIpc) is 2.63. The number of nitro groups is 1. The molecular formula is C18H20N2O6. The maximum atomic E-state index is 12.5. The van der Waals surface area contributed by atoms with Gasteiger partial charge in [-0.2, -0.15) is 0 Å². The monoisotopic (exact) mass is 360 g/mol. The molecule has 1 aromatic carbocycles. The molecule has 8 nitrogen and oxygen atoms in total. The molecule has 1 aliphatic heterocycles. The molecule has 1 atom stereocenters. The second-order valence-electron chi connectivity index (χ2n) is 5.69. The van der Waals surface area contributed by atoms with Crippen LogP contribution in [-0.4, -0.2) is 42.5 Å². The summed E-state index contributed by atoms with van der Waals surface area (Å²) in [5, 5.41) is 11.1. The number of nitrogens with zero attached hydrogens (tertiary/aromatic N) is 2. The summed E-state index contributed by atoms with van der Waals surface area (Å²) in [7, 11) is 2.94. The number of rotatable bonds is 5. The summed E-state index contributed by atoms with van der Waals surface area (Å²) in [6.07, 6.45) is 1.57. The van der Waals surface area contributed by atoms with Crippen molar-refractivity contribution < 1.29 is 24.0 Å². The Kier molecular flexibility index (Phi) is 5.76. The Morgan fingerprint density at radius 3 is 2.58 bits per heavy atom. The number of allylic oxidation sites excluding steroid dienone is 1. The molecule has 1 aromatic rings. The van der Waals surface area contributed by atoms with E-state index < -0.39 is 22.8 Å². The number of non-ortho nitro benzene ring substituents is 1. The van der Waals surface area contributed by atoms with Crippen molar-refractivity contribution in [2.45, 2.75) is 19.8 Å². The number of nitro benzene ring substituents is 1. The maximum absolute atomic E-state index is 12.5. The van der Waals surface area contributed by atoms with Gasteiger partial charge in [0.2, 0.25) is 0 Å². The molecule has 2 rings (SSSR count). The number of benzene rings is 1. The fraction of sp³-hybridized carbons (Fsp3) is 0.333. The van der Waals surface area contributed by atoms with Crippen molar-refractivity contribution in [1.29, 1.82) is 0 Å². The zero-order valence-corrected chi connectivity index (χ0v) is 15.0. The Hall–Kier alpha value is -3.16. The predicted molar refractivity (Wildman–Crippen MR) is 93.0 cm³/mol. The van der Waals surface area contributed by atoms with E-state index in [2.05, 4.69) is 0 Å². The lowest BCUT2D eigenvalue weighted by atomic mass is 9.81. The third-order valence-corrected chi connectivity index (χ3v) is 4.18. The maximum Gasteiger partial charge on any atom is 0.336 e. The van der Waals surface area contributed by atoms with Gasteiger partial charge in [0, 0.05) is 31.1 Å². The van der Waals surface area contributed by atoms with Gasteiger partial charge in [-0.05, 0) is 19.4 Å². The molecule has 1 heterocycles. The number of hydrogen-bond donors (Lipinski definition) is 0. The summed E-state index contributed by atoms with van der Waals surface area (Å²) in [6, 6.07) is 5.84. The van der Waals surface area contributed by atoms with Gasteiger partial charge in [-0.1, -0.05) is 12.1 Å². The fourth-order valence-electron chi connectivity index (χ4n) is 2.86. The Morgan fingerprint density at radius 2 is 2.00 bits per heavy atom. The van der Waals surface area contributed by atoms with E-state index in [1.807, 2.05) is 0 Å². The van der Waals surface area contributed by atoms with Crippen molar-refractivity contribution in [3.8, 4) is 0 Å². The van der Waals surface area contributed by atoms with Crippen molar-refractivity contribution in [1.82, 2.24) is 4.90 Å². The highest BCUT2D eigenvalue weighted by Crippen LogP contribution is 2.40. The van der Waals surface area contributed by atoms with Crippen LogP contribution in [0.25, 0.3) is 0 Å². The topological polar surface area (TPSA) is 99.0 Å². The molecule has 0 spiro atoms. The Bertz CT molecular complexity index is 812. The van der Waals surface area contributed by atoms with Gasteiger partial charge in [0.1, 0.15) is 0 Å². The second-order valence-corrected chi connectivity index (χ2v) is 5.69. The highest BCUT2D eigenvalue weighted by Gasteiger charge is 2.37. The molecule has 8 heteroatoms. The third kappa shape index (κ3) is 3.58. The van der Waals surface area contributed by atoms with E-state index in [1.165, 1.54) is 25.3 Å². The van der Waals surface area contributed by atoms with Gasteiger partial charge < -0.3 is 14.4 Å². The second kappa shape index (κ2) is 7.81. The summed E-state index contributed by atoms with van der Waals surface area (Å²) in [5.74, 6) is -2.02. The number of methoxy groups -OCH3 is 1. The first-order chi connectivity index (χ1) is 12.3. The van der Waals surface area contributed by atoms with Crippen LogP contribution >= 0.6 is 0 Å². The molecule has 1 aliphatic rings. The van der Waals surface area contributed by atoms with E-state index in [9.17, 15) is 19.7 Å². The van der Waals surface area contributed by atoms with Gasteiger partial charge in [0.25, 0.3) is 5.69 Å². The quantitative estimate of drug-likeness (QED) is 0.452. The smallest absolute Gasteiger partial charge is 0.336 e. The summed E-state index contributed by atoms with van der Waals surface area (Å²) < 4.78 is 10.0. The molecule has 0 aliphatic carbocycles. The zero-order chi connectivity index (χ0) is 19.4. The molecular weight excluding hydrogens is 340 g/mol. The first-order valence-electron chi connectivity index (χ1n) is 7.96. The SMILES string of the molecule is CCOC(=O)C1=CN(C)C(C)=C(C(=O)OC)C1c1cccc([N+](=O)[O-])c1. The van der Waals surface area contributed by atoms with Gasteiger partial charge in [0.15, 0.2) is 0 Å². The average molecular weight is 360 g/mol. The molecule has 0 bridgehead atoms. The summed E-state index contributed by atoms with van der Waals surface area (Å²) in [5.41, 5.74) is 1.33. The fourth-order valence-corrected chi connectivity index (χ4v) is 2.86. The van der Waals surface area contributed by atoms with Crippen LogP contribution in [0.3, 0.4) is 0 Å². The third-order valence-electron chi connectivity index (χ3n) is 4.18. The molecule has 0 aromatic heterocycles. The summed E-state index contributed by atoms with van der Waals surface area (Å²) in [6.45, 7) is 3.56. The first-order valence-corrected chi connectivity index (χ1v) is 7.96. The van der Waals surface area contributed by atoms with Crippen LogP contribution in [0.1, 0.15) is 25.3 Å². The van der Waals surface area contributed by atoms with Gasteiger partial charge >= 0.3 is 11.9 Å². The number of hydrogen-bond acceptors (Lipinski definition) is 7. The number of esters is 2. The van der Waals surface area contributed by atoms with E-state index in [-0.39, 0.29) is 23.4 Å². The molecule has 0 N–H and O–H groups in total. The normalized spacial score (nSPS) is 16.8. The van der Waals surface area contributed by atoms with Crippen molar-refractivity contribution in [2.24, 2.45) is 0 Å². The molecule has 0 amide bonds. The lowest BCUT2D eigenvalue weighted by Crippen LogP contribution is -2.30. The minimum atomic E-state index is -0.822. The largest absolute Gasteiger partial charge is 0.466 e. The van der Waals surface area contributed by atoms with Gasteiger partial charge in [-0.3, -0.25) is 10.1 Å². The van der Waals surface area contributed by atoms with Crippen molar-refractivity contribution in [3.05, 3.63) is 63.0 Å². The Morgan fingerprint density at radius 1 is 1.31 bits per heavy atom. The number of carbonyl (C=O) groups excluding carboxylic acids is 2. The van der Waals surface area contributed by atoms with Crippen molar-refractivity contribution >= 4 is 17.6 Å². The molecule has 0 saturated carbocycles. The summed E-state index contributed by atoms with van der Waals surface area (Å²) in [4.78, 5) is 37.1. The van der Waals surface area contributed by atoms with E-state index in [0.29, 0.717) is 11.3 Å². The van der Waals surface area contributed by atoms with Gasteiger partial charge in [-0.15, -0.1) is 0 Å². The predicted octanol–water partition coefficient (Wildman–Crippen LogP) is 2.52. The van der Waals surface area contributed by atoms with Crippen LogP contribution in [0, 0.1) is 10.1 Å². The van der Waals surface area contributed by atoms with E-state index in [1.54, 1.807) is 38.1 Å². The van der Waals surface area contributed by atoms with Crippen LogP contribution < -0.4 is 0 Å². The van der Waals surface area contributed by atoms with Crippen molar-refractivity contribution in [2.75, 3.05) is 20.8 Å². The minimum Gasteiger partial charge on any atom is -0.466 e. The molecule has 0 fully saturated rings. The van der Waals surface area contributed by atoms with Crippen molar-refractivity contribution in [3.63, 3.8) is 0 Å². The van der Waals surface area contributed by atoms with E-state index in [4.69, 9.17) is 9.47 Å². The molecule has 138 valence electrons. The molecule has 26 heavy (non-hydrogen) atoms. The van der Waals surface area contributed by atoms with E-state index >= 15 is 0 Å². The number of ether oxygens (including phenoxy) is 2. The van der Waals surface area contributed by atoms with Crippen LogP contribution in [0.15, 0.2) is 47.3 Å². The Labute approximate surface area is 150 Å². The highest BCUT2D eigenvalue weighted by molar-refractivity contribution is 5.99. The summed E-state index contributed by atoms with van der Waals surface area (Å²) >= 11 is 0.